The van der Waals surface area contributed by atoms with E-state index in [0.29, 0.717) is 10.7 Å². The molecule has 1 aromatic heterocycles. The molecule has 114 valence electrons. The average molecular weight is 312 g/mol. The molecule has 5 heteroatoms. The van der Waals surface area contributed by atoms with E-state index >= 15 is 0 Å². The molecule has 0 atom stereocenters. The molecule has 1 heterocycles. The van der Waals surface area contributed by atoms with Crippen LogP contribution in [0.4, 0.5) is 5.82 Å². The molecule has 0 amide bonds. The molecule has 4 nitrogen and oxygen atoms in total. The van der Waals surface area contributed by atoms with Crippen molar-refractivity contribution in [1.29, 1.82) is 5.26 Å². The zero-order chi connectivity index (χ0) is 15.9. The SMILES string of the molecule is CCCCc1nc(SCc2ccccc2C)nc(N)c1C#N. The van der Waals surface area contributed by atoms with Crippen molar-refractivity contribution in [3.05, 3.63) is 46.6 Å². The van der Waals surface area contributed by atoms with E-state index in [4.69, 9.17) is 5.73 Å². The summed E-state index contributed by atoms with van der Waals surface area (Å²) in [6.45, 7) is 4.21. The van der Waals surface area contributed by atoms with Gasteiger partial charge in [0.1, 0.15) is 17.5 Å². The average Bonchev–Trinajstić information content (AvgIpc) is 2.52. The highest BCUT2D eigenvalue weighted by molar-refractivity contribution is 7.98. The van der Waals surface area contributed by atoms with Crippen LogP contribution in [0.3, 0.4) is 0 Å². The smallest absolute Gasteiger partial charge is 0.190 e. The minimum absolute atomic E-state index is 0.288. The maximum atomic E-state index is 9.22. The highest BCUT2D eigenvalue weighted by Crippen LogP contribution is 2.24. The van der Waals surface area contributed by atoms with Gasteiger partial charge < -0.3 is 5.73 Å². The largest absolute Gasteiger partial charge is 0.382 e. The topological polar surface area (TPSA) is 75.6 Å². The van der Waals surface area contributed by atoms with Crippen LogP contribution >= 0.6 is 11.8 Å². The summed E-state index contributed by atoms with van der Waals surface area (Å²) in [6, 6.07) is 10.4. The van der Waals surface area contributed by atoms with Crippen molar-refractivity contribution in [3.63, 3.8) is 0 Å². The first-order valence-electron chi connectivity index (χ1n) is 7.39. The van der Waals surface area contributed by atoms with Gasteiger partial charge in [-0.05, 0) is 30.9 Å². The van der Waals surface area contributed by atoms with Crippen LogP contribution < -0.4 is 5.73 Å². The fourth-order valence-corrected chi connectivity index (χ4v) is 3.08. The summed E-state index contributed by atoms with van der Waals surface area (Å²) in [6.07, 6.45) is 2.82. The third-order valence-electron chi connectivity index (χ3n) is 3.49. The maximum absolute atomic E-state index is 9.22. The third kappa shape index (κ3) is 3.99. The highest BCUT2D eigenvalue weighted by Gasteiger charge is 2.12. The quantitative estimate of drug-likeness (QED) is 0.647. The van der Waals surface area contributed by atoms with E-state index in [-0.39, 0.29) is 5.82 Å². The van der Waals surface area contributed by atoms with Gasteiger partial charge in [0.15, 0.2) is 5.16 Å². The van der Waals surface area contributed by atoms with Crippen molar-refractivity contribution in [3.8, 4) is 6.07 Å². The number of aryl methyl sites for hydroxylation is 2. The normalized spacial score (nSPS) is 10.4. The Balaban J connectivity index is 2.19. The van der Waals surface area contributed by atoms with E-state index in [0.717, 1.165) is 30.7 Å². The Morgan fingerprint density at radius 3 is 2.73 bits per heavy atom. The van der Waals surface area contributed by atoms with Gasteiger partial charge in [0.2, 0.25) is 0 Å². The number of nitrogens with two attached hydrogens (primary N) is 1. The van der Waals surface area contributed by atoms with Gasteiger partial charge in [-0.15, -0.1) is 0 Å². The summed E-state index contributed by atoms with van der Waals surface area (Å²) in [5, 5.41) is 9.86. The maximum Gasteiger partial charge on any atom is 0.190 e. The summed E-state index contributed by atoms with van der Waals surface area (Å²) in [5.74, 6) is 1.08. The van der Waals surface area contributed by atoms with Crippen molar-refractivity contribution in [2.75, 3.05) is 5.73 Å². The molecule has 0 fully saturated rings. The second-order valence-electron chi connectivity index (χ2n) is 5.14. The minimum Gasteiger partial charge on any atom is -0.382 e. The van der Waals surface area contributed by atoms with Crippen LogP contribution in [0, 0.1) is 18.3 Å². The van der Waals surface area contributed by atoms with E-state index in [1.54, 1.807) is 11.8 Å². The number of rotatable bonds is 6. The molecule has 0 spiro atoms. The molecule has 0 saturated heterocycles. The van der Waals surface area contributed by atoms with Gasteiger partial charge in [0.05, 0.1) is 5.69 Å². The van der Waals surface area contributed by atoms with E-state index in [1.165, 1.54) is 11.1 Å². The van der Waals surface area contributed by atoms with E-state index in [2.05, 4.69) is 42.0 Å². The molecule has 0 aliphatic heterocycles. The minimum atomic E-state index is 0.288. The van der Waals surface area contributed by atoms with E-state index in [1.807, 2.05) is 12.1 Å². The van der Waals surface area contributed by atoms with Gasteiger partial charge in [0.25, 0.3) is 0 Å². The Morgan fingerprint density at radius 1 is 1.27 bits per heavy atom. The predicted octanol–water partition coefficient (Wildman–Crippen LogP) is 3.87. The van der Waals surface area contributed by atoms with E-state index < -0.39 is 0 Å². The number of unbranched alkanes of at least 4 members (excludes halogenated alkanes) is 1. The first kappa shape index (κ1) is 16.3. The first-order chi connectivity index (χ1) is 10.7. The lowest BCUT2D eigenvalue weighted by molar-refractivity contribution is 0.755. The van der Waals surface area contributed by atoms with Gasteiger partial charge in [-0.2, -0.15) is 5.26 Å². The van der Waals surface area contributed by atoms with Crippen LogP contribution in [0.2, 0.25) is 0 Å². The molecule has 0 unspecified atom stereocenters. The number of anilines is 1. The number of nitrogens with zero attached hydrogens (tertiary/aromatic N) is 3. The van der Waals surface area contributed by atoms with Crippen LogP contribution in [0.25, 0.3) is 0 Å². The Kier molecular flexibility index (Phi) is 5.79. The van der Waals surface area contributed by atoms with Crippen LogP contribution in [0.1, 0.15) is 42.1 Å². The molecule has 0 aliphatic rings. The number of benzene rings is 1. The third-order valence-corrected chi connectivity index (χ3v) is 4.38. The molecule has 0 bridgehead atoms. The summed E-state index contributed by atoms with van der Waals surface area (Å²) >= 11 is 1.56. The molecule has 0 radical (unpaired) electrons. The molecule has 0 aliphatic carbocycles. The monoisotopic (exact) mass is 312 g/mol. The van der Waals surface area contributed by atoms with Gasteiger partial charge in [-0.1, -0.05) is 49.4 Å². The Morgan fingerprint density at radius 2 is 2.05 bits per heavy atom. The summed E-state index contributed by atoms with van der Waals surface area (Å²) in [7, 11) is 0. The van der Waals surface area contributed by atoms with Crippen molar-refractivity contribution in [1.82, 2.24) is 9.97 Å². The van der Waals surface area contributed by atoms with Crippen molar-refractivity contribution >= 4 is 17.6 Å². The summed E-state index contributed by atoms with van der Waals surface area (Å²) in [5.41, 5.74) is 9.62. The predicted molar refractivity (Wildman–Crippen MR) is 90.5 cm³/mol. The Hall–Kier alpha value is -2.06. The standard InChI is InChI=1S/C17H20N4S/c1-3-4-9-15-14(10-18)16(19)21-17(20-15)22-11-13-8-6-5-7-12(13)2/h5-8H,3-4,9,11H2,1-2H3,(H2,19,20,21). The van der Waals surface area contributed by atoms with Crippen molar-refractivity contribution in [2.24, 2.45) is 0 Å². The number of aromatic nitrogens is 2. The zero-order valence-electron chi connectivity index (χ0n) is 13.0. The number of hydrogen-bond donors (Lipinski definition) is 1. The van der Waals surface area contributed by atoms with Crippen LogP contribution in [0.15, 0.2) is 29.4 Å². The van der Waals surface area contributed by atoms with Gasteiger partial charge in [0, 0.05) is 5.75 Å². The lowest BCUT2D eigenvalue weighted by Crippen LogP contribution is -2.05. The molecule has 2 N–H and O–H groups in total. The van der Waals surface area contributed by atoms with Gasteiger partial charge in [-0.25, -0.2) is 9.97 Å². The van der Waals surface area contributed by atoms with Crippen LogP contribution in [-0.2, 0) is 12.2 Å². The lowest BCUT2D eigenvalue weighted by atomic mass is 10.1. The number of nitrogen functional groups attached to an aromatic ring is 1. The first-order valence-corrected chi connectivity index (χ1v) is 8.38. The number of hydrogen-bond acceptors (Lipinski definition) is 5. The summed E-state index contributed by atoms with van der Waals surface area (Å²) in [4.78, 5) is 8.80. The van der Waals surface area contributed by atoms with E-state index in [9.17, 15) is 5.26 Å². The second-order valence-corrected chi connectivity index (χ2v) is 6.09. The summed E-state index contributed by atoms with van der Waals surface area (Å²) < 4.78 is 0. The van der Waals surface area contributed by atoms with Gasteiger partial charge >= 0.3 is 0 Å². The molecule has 0 saturated carbocycles. The van der Waals surface area contributed by atoms with Crippen LogP contribution in [-0.4, -0.2) is 9.97 Å². The molecule has 1 aromatic carbocycles. The molecular formula is C17H20N4S. The van der Waals surface area contributed by atoms with Gasteiger partial charge in [-0.3, -0.25) is 0 Å². The van der Waals surface area contributed by atoms with Crippen molar-refractivity contribution < 1.29 is 0 Å². The highest BCUT2D eigenvalue weighted by atomic mass is 32.2. The van der Waals surface area contributed by atoms with Crippen LogP contribution in [0.5, 0.6) is 0 Å². The zero-order valence-corrected chi connectivity index (χ0v) is 13.8. The molecular weight excluding hydrogens is 292 g/mol. The Bertz CT molecular complexity index is 692. The Labute approximate surface area is 135 Å². The van der Waals surface area contributed by atoms with Crippen molar-refractivity contribution in [2.45, 2.75) is 44.0 Å². The second kappa shape index (κ2) is 7.81. The fraction of sp³-hybridized carbons (Fsp3) is 0.353. The number of nitriles is 1. The molecule has 22 heavy (non-hydrogen) atoms. The fourth-order valence-electron chi connectivity index (χ4n) is 2.13. The molecule has 2 rings (SSSR count). The number of thioether (sulfide) groups is 1. The molecule has 2 aromatic rings. The lowest BCUT2D eigenvalue weighted by Gasteiger charge is -2.09.